The Morgan fingerprint density at radius 1 is 1.41 bits per heavy atom. The fourth-order valence-corrected chi connectivity index (χ4v) is 3.40. The van der Waals surface area contributed by atoms with Crippen LogP contribution < -0.4 is 10.6 Å². The van der Waals surface area contributed by atoms with Crippen molar-refractivity contribution in [3.8, 4) is 0 Å². The first-order chi connectivity index (χ1) is 10.6. The largest absolute Gasteiger partial charge is 0.324 e. The smallest absolute Gasteiger partial charge is 0.238 e. The summed E-state index contributed by atoms with van der Waals surface area (Å²) >= 11 is 9.47. The quantitative estimate of drug-likeness (QED) is 0.785. The number of hydrogen-bond acceptors (Lipinski definition) is 3. The van der Waals surface area contributed by atoms with Crippen LogP contribution in [-0.2, 0) is 4.79 Å². The van der Waals surface area contributed by atoms with Gasteiger partial charge in [0.25, 0.3) is 0 Å². The zero-order valence-electron chi connectivity index (χ0n) is 12.9. The van der Waals surface area contributed by atoms with Gasteiger partial charge in [-0.15, -0.1) is 0 Å². The molecular weight excluding hydrogens is 366 g/mol. The molecule has 1 saturated heterocycles. The standard InChI is InChI=1S/C16H23BrClN3O/c1-2-19-10-12-5-7-21(8-6-12)11-16(22)20-15-4-3-13(17)9-14(15)18/h3-4,9,12,19H,2,5-8,10-11H2,1H3,(H,20,22). The monoisotopic (exact) mass is 387 g/mol. The van der Waals surface area contributed by atoms with Crippen molar-refractivity contribution in [2.75, 3.05) is 38.0 Å². The first-order valence-corrected chi connectivity index (χ1v) is 8.93. The average molecular weight is 389 g/mol. The number of carbonyl (C=O) groups is 1. The molecule has 0 aliphatic carbocycles. The van der Waals surface area contributed by atoms with Gasteiger partial charge in [0.2, 0.25) is 5.91 Å². The number of carbonyl (C=O) groups excluding carboxylic acids is 1. The first-order valence-electron chi connectivity index (χ1n) is 7.76. The summed E-state index contributed by atoms with van der Waals surface area (Å²) in [5.74, 6) is 0.731. The highest BCUT2D eigenvalue weighted by molar-refractivity contribution is 9.10. The van der Waals surface area contributed by atoms with Crippen LogP contribution in [0.1, 0.15) is 19.8 Å². The molecule has 0 unspecified atom stereocenters. The Labute approximate surface area is 145 Å². The van der Waals surface area contributed by atoms with Crippen molar-refractivity contribution in [2.45, 2.75) is 19.8 Å². The third-order valence-corrected chi connectivity index (χ3v) is 4.77. The number of nitrogens with one attached hydrogen (secondary N) is 2. The van der Waals surface area contributed by atoms with Crippen LogP contribution in [0.2, 0.25) is 5.02 Å². The lowest BCUT2D eigenvalue weighted by atomic mass is 9.97. The van der Waals surface area contributed by atoms with Crippen LogP contribution in [0, 0.1) is 5.92 Å². The number of benzene rings is 1. The number of likely N-dealkylation sites (tertiary alicyclic amines) is 1. The van der Waals surface area contributed by atoms with Crippen LogP contribution in [0.25, 0.3) is 0 Å². The predicted molar refractivity (Wildman–Crippen MR) is 95.5 cm³/mol. The van der Waals surface area contributed by atoms with Crippen LogP contribution in [0.4, 0.5) is 5.69 Å². The molecule has 1 aliphatic rings. The van der Waals surface area contributed by atoms with Gasteiger partial charge in [0, 0.05) is 4.47 Å². The molecular formula is C16H23BrClN3O. The van der Waals surface area contributed by atoms with Gasteiger partial charge in [0.1, 0.15) is 0 Å². The zero-order chi connectivity index (χ0) is 15.9. The molecule has 0 atom stereocenters. The molecule has 0 bridgehead atoms. The SMILES string of the molecule is CCNCC1CCN(CC(=O)Nc2ccc(Br)cc2Cl)CC1. The van der Waals surface area contributed by atoms with Crippen molar-refractivity contribution in [3.63, 3.8) is 0 Å². The maximum Gasteiger partial charge on any atom is 0.238 e. The third kappa shape index (κ3) is 5.54. The van der Waals surface area contributed by atoms with Crippen molar-refractivity contribution in [2.24, 2.45) is 5.92 Å². The molecule has 22 heavy (non-hydrogen) atoms. The Morgan fingerprint density at radius 2 is 2.14 bits per heavy atom. The van der Waals surface area contributed by atoms with Gasteiger partial charge in [-0.05, 0) is 63.1 Å². The summed E-state index contributed by atoms with van der Waals surface area (Å²) in [4.78, 5) is 14.3. The molecule has 2 rings (SSSR count). The number of halogens is 2. The van der Waals surface area contributed by atoms with Gasteiger partial charge in [-0.25, -0.2) is 0 Å². The van der Waals surface area contributed by atoms with Crippen molar-refractivity contribution >= 4 is 39.1 Å². The van der Waals surface area contributed by atoms with Gasteiger partial charge in [0.05, 0.1) is 17.3 Å². The van der Waals surface area contributed by atoms with E-state index >= 15 is 0 Å². The minimum atomic E-state index is -0.00523. The molecule has 1 heterocycles. The summed E-state index contributed by atoms with van der Waals surface area (Å²) in [7, 11) is 0. The Bertz CT molecular complexity index is 504. The lowest BCUT2D eigenvalue weighted by Gasteiger charge is -2.31. The lowest BCUT2D eigenvalue weighted by molar-refractivity contribution is -0.117. The van der Waals surface area contributed by atoms with E-state index in [2.05, 4.69) is 38.4 Å². The normalized spacial score (nSPS) is 16.7. The molecule has 1 amide bonds. The molecule has 1 aromatic carbocycles. The second-order valence-electron chi connectivity index (χ2n) is 5.70. The summed E-state index contributed by atoms with van der Waals surface area (Å²) in [6, 6.07) is 5.46. The van der Waals surface area contributed by atoms with Crippen molar-refractivity contribution in [1.29, 1.82) is 0 Å². The summed E-state index contributed by atoms with van der Waals surface area (Å²) in [6.45, 7) is 6.64. The highest BCUT2D eigenvalue weighted by Gasteiger charge is 2.20. The van der Waals surface area contributed by atoms with Crippen LogP contribution >= 0.6 is 27.5 Å². The molecule has 0 saturated carbocycles. The van der Waals surface area contributed by atoms with E-state index < -0.39 is 0 Å². The summed E-state index contributed by atoms with van der Waals surface area (Å²) in [6.07, 6.45) is 2.30. The zero-order valence-corrected chi connectivity index (χ0v) is 15.2. The van der Waals surface area contributed by atoms with E-state index in [0.29, 0.717) is 17.3 Å². The average Bonchev–Trinajstić information content (AvgIpc) is 2.49. The Balaban J connectivity index is 1.76. The maximum atomic E-state index is 12.1. The minimum Gasteiger partial charge on any atom is -0.324 e. The number of hydrogen-bond donors (Lipinski definition) is 2. The third-order valence-electron chi connectivity index (χ3n) is 3.96. The molecule has 6 heteroatoms. The minimum absolute atomic E-state index is 0.00523. The topological polar surface area (TPSA) is 44.4 Å². The summed E-state index contributed by atoms with van der Waals surface area (Å²) in [5, 5.41) is 6.83. The van der Waals surface area contributed by atoms with Gasteiger partial charge in [-0.1, -0.05) is 34.5 Å². The Hall–Kier alpha value is -0.620. The fraction of sp³-hybridized carbons (Fsp3) is 0.562. The molecule has 4 nitrogen and oxygen atoms in total. The summed E-state index contributed by atoms with van der Waals surface area (Å²) in [5.41, 5.74) is 0.664. The van der Waals surface area contributed by atoms with E-state index in [9.17, 15) is 4.79 Å². The molecule has 0 radical (unpaired) electrons. The Morgan fingerprint density at radius 3 is 2.77 bits per heavy atom. The molecule has 1 aromatic rings. The number of nitrogens with zero attached hydrogens (tertiary/aromatic N) is 1. The fourth-order valence-electron chi connectivity index (χ4n) is 2.68. The maximum absolute atomic E-state index is 12.1. The van der Waals surface area contributed by atoms with Gasteiger partial charge in [0.15, 0.2) is 0 Å². The van der Waals surface area contributed by atoms with Crippen molar-refractivity contribution < 1.29 is 4.79 Å². The van der Waals surface area contributed by atoms with E-state index in [4.69, 9.17) is 11.6 Å². The van der Waals surface area contributed by atoms with E-state index in [1.54, 1.807) is 6.07 Å². The lowest BCUT2D eigenvalue weighted by Crippen LogP contribution is -2.41. The predicted octanol–water partition coefficient (Wildman–Crippen LogP) is 3.36. The molecule has 2 N–H and O–H groups in total. The molecule has 0 spiro atoms. The molecule has 1 fully saturated rings. The highest BCUT2D eigenvalue weighted by Crippen LogP contribution is 2.25. The van der Waals surface area contributed by atoms with E-state index in [1.807, 2.05) is 12.1 Å². The number of piperidine rings is 1. The van der Waals surface area contributed by atoms with Crippen LogP contribution in [0.5, 0.6) is 0 Å². The number of amides is 1. The van der Waals surface area contributed by atoms with Gasteiger partial charge in [-0.2, -0.15) is 0 Å². The number of rotatable bonds is 6. The van der Waals surface area contributed by atoms with Gasteiger partial charge in [-0.3, -0.25) is 9.69 Å². The second-order valence-corrected chi connectivity index (χ2v) is 7.02. The van der Waals surface area contributed by atoms with Crippen LogP contribution in [0.3, 0.4) is 0 Å². The van der Waals surface area contributed by atoms with Crippen molar-refractivity contribution in [1.82, 2.24) is 10.2 Å². The van der Waals surface area contributed by atoms with E-state index in [0.717, 1.165) is 49.4 Å². The molecule has 0 aromatic heterocycles. The first kappa shape index (κ1) is 17.7. The van der Waals surface area contributed by atoms with Gasteiger partial charge >= 0.3 is 0 Å². The second kappa shape index (κ2) is 8.87. The molecule has 122 valence electrons. The Kier molecular flexibility index (Phi) is 7.15. The van der Waals surface area contributed by atoms with Crippen molar-refractivity contribution in [3.05, 3.63) is 27.7 Å². The molecule has 1 aliphatic heterocycles. The van der Waals surface area contributed by atoms with Crippen LogP contribution in [-0.4, -0.2) is 43.5 Å². The highest BCUT2D eigenvalue weighted by atomic mass is 79.9. The summed E-state index contributed by atoms with van der Waals surface area (Å²) < 4.78 is 0.901. The van der Waals surface area contributed by atoms with Crippen LogP contribution in [0.15, 0.2) is 22.7 Å². The van der Waals surface area contributed by atoms with E-state index in [-0.39, 0.29) is 5.91 Å². The van der Waals surface area contributed by atoms with Gasteiger partial charge < -0.3 is 10.6 Å². The number of anilines is 1. The van der Waals surface area contributed by atoms with E-state index in [1.165, 1.54) is 0 Å².